The summed E-state index contributed by atoms with van der Waals surface area (Å²) in [5, 5.41) is 10.3. The summed E-state index contributed by atoms with van der Waals surface area (Å²) in [7, 11) is 3.94. The Labute approximate surface area is 110 Å². The molecule has 1 aliphatic heterocycles. The normalized spacial score (nSPS) is 27.6. The average Bonchev–Trinajstić information content (AvgIpc) is 2.95. The van der Waals surface area contributed by atoms with Gasteiger partial charge in [0.2, 0.25) is 5.91 Å². The molecule has 0 unspecified atom stereocenters. The Morgan fingerprint density at radius 3 is 2.67 bits per heavy atom. The Bertz CT molecular complexity index is 300. The summed E-state index contributed by atoms with van der Waals surface area (Å²) >= 11 is 0. The molecule has 0 aromatic heterocycles. The molecule has 0 aromatic rings. The molecule has 1 saturated heterocycles. The third-order valence-corrected chi connectivity index (χ3v) is 4.56. The number of hydrogen-bond donors (Lipinski definition) is 1. The molecule has 0 bridgehead atoms. The number of carbonyl (C=O) groups is 1. The van der Waals surface area contributed by atoms with Crippen LogP contribution in [0.1, 0.15) is 38.5 Å². The lowest BCUT2D eigenvalue weighted by Gasteiger charge is -2.27. The second-order valence-electron chi connectivity index (χ2n) is 6.19. The number of hydrogen-bond acceptors (Lipinski definition) is 3. The zero-order valence-electron chi connectivity index (χ0n) is 11.7. The van der Waals surface area contributed by atoms with E-state index in [1.807, 2.05) is 11.9 Å². The monoisotopic (exact) mass is 254 g/mol. The number of carbonyl (C=O) groups excluding carboxylic acids is 1. The Balaban J connectivity index is 1.77. The van der Waals surface area contributed by atoms with Crippen molar-refractivity contribution in [2.75, 3.05) is 33.7 Å². The Morgan fingerprint density at radius 2 is 2.11 bits per heavy atom. The number of amides is 1. The summed E-state index contributed by atoms with van der Waals surface area (Å²) in [5.74, 6) is 0.416. The smallest absolute Gasteiger partial charge is 0.226 e. The van der Waals surface area contributed by atoms with Crippen LogP contribution in [-0.4, -0.2) is 60.1 Å². The molecule has 1 amide bonds. The van der Waals surface area contributed by atoms with Crippen molar-refractivity contribution < 1.29 is 9.90 Å². The maximum Gasteiger partial charge on any atom is 0.226 e. The second-order valence-corrected chi connectivity index (χ2v) is 6.19. The summed E-state index contributed by atoms with van der Waals surface area (Å²) in [6.07, 6.45) is 5.77. The molecular formula is C14H26N2O2. The van der Waals surface area contributed by atoms with E-state index in [4.69, 9.17) is 0 Å². The topological polar surface area (TPSA) is 43.8 Å². The van der Waals surface area contributed by atoms with E-state index in [1.54, 1.807) is 0 Å². The molecule has 2 fully saturated rings. The first-order chi connectivity index (χ1) is 8.50. The van der Waals surface area contributed by atoms with Crippen molar-refractivity contribution in [3.05, 3.63) is 0 Å². The highest BCUT2D eigenvalue weighted by Gasteiger charge is 2.33. The number of rotatable bonds is 4. The zero-order chi connectivity index (χ0) is 13.2. The average molecular weight is 254 g/mol. The van der Waals surface area contributed by atoms with E-state index in [2.05, 4.69) is 11.9 Å². The van der Waals surface area contributed by atoms with Gasteiger partial charge in [-0.1, -0.05) is 12.8 Å². The fraction of sp³-hybridized carbons (Fsp3) is 0.929. The molecule has 1 heterocycles. The van der Waals surface area contributed by atoms with Crippen LogP contribution in [-0.2, 0) is 4.79 Å². The summed E-state index contributed by atoms with van der Waals surface area (Å²) in [4.78, 5) is 16.2. The highest BCUT2D eigenvalue weighted by molar-refractivity contribution is 5.79. The largest absolute Gasteiger partial charge is 0.390 e. The predicted octanol–water partition coefficient (Wildman–Crippen LogP) is 1.09. The van der Waals surface area contributed by atoms with Gasteiger partial charge in [0.1, 0.15) is 0 Å². The fourth-order valence-electron chi connectivity index (χ4n) is 3.22. The minimum Gasteiger partial charge on any atom is -0.390 e. The highest BCUT2D eigenvalue weighted by atomic mass is 16.3. The molecule has 1 aliphatic carbocycles. The van der Waals surface area contributed by atoms with Gasteiger partial charge in [0, 0.05) is 20.1 Å². The van der Waals surface area contributed by atoms with Gasteiger partial charge in [-0.15, -0.1) is 0 Å². The van der Waals surface area contributed by atoms with Crippen molar-refractivity contribution in [2.45, 2.75) is 44.1 Å². The first kappa shape index (κ1) is 13.8. The zero-order valence-corrected chi connectivity index (χ0v) is 11.7. The maximum absolute atomic E-state index is 12.2. The standard InChI is InChI=1S/C14H26N2O2/c1-15-9-5-12(11-15)13(17)16(2)10-8-14(18)6-3-4-7-14/h12,18H,3-11H2,1-2H3/t12-/m0/s1. The van der Waals surface area contributed by atoms with Crippen LogP contribution in [0.5, 0.6) is 0 Å². The molecule has 1 N–H and O–H groups in total. The third-order valence-electron chi connectivity index (χ3n) is 4.56. The summed E-state index contributed by atoms with van der Waals surface area (Å²) in [5.41, 5.74) is -0.499. The van der Waals surface area contributed by atoms with Crippen LogP contribution >= 0.6 is 0 Å². The van der Waals surface area contributed by atoms with Crippen LogP contribution < -0.4 is 0 Å². The van der Waals surface area contributed by atoms with E-state index in [-0.39, 0.29) is 11.8 Å². The molecule has 4 heteroatoms. The van der Waals surface area contributed by atoms with Crippen LogP contribution in [0.4, 0.5) is 0 Å². The van der Waals surface area contributed by atoms with E-state index < -0.39 is 5.60 Å². The summed E-state index contributed by atoms with van der Waals surface area (Å²) in [6.45, 7) is 2.59. The van der Waals surface area contributed by atoms with Crippen molar-refractivity contribution >= 4 is 5.91 Å². The molecule has 0 spiro atoms. The highest BCUT2D eigenvalue weighted by Crippen LogP contribution is 2.32. The van der Waals surface area contributed by atoms with Crippen molar-refractivity contribution in [3.8, 4) is 0 Å². The molecule has 0 aromatic carbocycles. The minimum absolute atomic E-state index is 0.165. The molecule has 2 rings (SSSR count). The Kier molecular flexibility index (Phi) is 4.28. The molecular weight excluding hydrogens is 228 g/mol. The molecule has 1 atom stereocenters. The van der Waals surface area contributed by atoms with Crippen molar-refractivity contribution in [2.24, 2.45) is 5.92 Å². The van der Waals surface area contributed by atoms with Gasteiger partial charge in [0.15, 0.2) is 0 Å². The first-order valence-corrected chi connectivity index (χ1v) is 7.16. The maximum atomic E-state index is 12.2. The minimum atomic E-state index is -0.499. The van der Waals surface area contributed by atoms with E-state index in [0.717, 1.165) is 51.6 Å². The van der Waals surface area contributed by atoms with E-state index >= 15 is 0 Å². The summed E-state index contributed by atoms with van der Waals surface area (Å²) < 4.78 is 0. The van der Waals surface area contributed by atoms with Gasteiger partial charge in [-0.05, 0) is 39.3 Å². The summed E-state index contributed by atoms with van der Waals surface area (Å²) in [6, 6.07) is 0. The van der Waals surface area contributed by atoms with Gasteiger partial charge in [-0.3, -0.25) is 4.79 Å². The quantitative estimate of drug-likeness (QED) is 0.817. The lowest BCUT2D eigenvalue weighted by molar-refractivity contribution is -0.134. The van der Waals surface area contributed by atoms with Crippen molar-refractivity contribution in [1.29, 1.82) is 0 Å². The van der Waals surface area contributed by atoms with E-state index in [9.17, 15) is 9.90 Å². The second kappa shape index (κ2) is 5.57. The lowest BCUT2D eigenvalue weighted by Crippen LogP contribution is -2.38. The van der Waals surface area contributed by atoms with E-state index in [0.29, 0.717) is 6.54 Å². The SMILES string of the molecule is CN1CC[C@H](C(=O)N(C)CCC2(O)CCCC2)C1. The van der Waals surface area contributed by atoms with Gasteiger partial charge in [0.25, 0.3) is 0 Å². The first-order valence-electron chi connectivity index (χ1n) is 7.16. The number of nitrogens with zero attached hydrogens (tertiary/aromatic N) is 2. The number of aliphatic hydroxyl groups is 1. The van der Waals surface area contributed by atoms with Gasteiger partial charge in [0.05, 0.1) is 11.5 Å². The van der Waals surface area contributed by atoms with Crippen molar-refractivity contribution in [1.82, 2.24) is 9.80 Å². The van der Waals surface area contributed by atoms with Gasteiger partial charge < -0.3 is 14.9 Å². The van der Waals surface area contributed by atoms with E-state index in [1.165, 1.54) is 0 Å². The Hall–Kier alpha value is -0.610. The molecule has 0 radical (unpaired) electrons. The molecule has 1 saturated carbocycles. The van der Waals surface area contributed by atoms with Crippen LogP contribution in [0.25, 0.3) is 0 Å². The number of likely N-dealkylation sites (tertiary alicyclic amines) is 1. The van der Waals surface area contributed by atoms with Gasteiger partial charge >= 0.3 is 0 Å². The van der Waals surface area contributed by atoms with Crippen molar-refractivity contribution in [3.63, 3.8) is 0 Å². The van der Waals surface area contributed by atoms with Crippen LogP contribution in [0.2, 0.25) is 0 Å². The molecule has 104 valence electrons. The predicted molar refractivity (Wildman–Crippen MR) is 71.3 cm³/mol. The van der Waals surface area contributed by atoms with Crippen LogP contribution in [0.15, 0.2) is 0 Å². The molecule has 2 aliphatic rings. The van der Waals surface area contributed by atoms with Crippen LogP contribution in [0, 0.1) is 5.92 Å². The third kappa shape index (κ3) is 3.23. The van der Waals surface area contributed by atoms with Gasteiger partial charge in [-0.2, -0.15) is 0 Å². The Morgan fingerprint density at radius 1 is 1.44 bits per heavy atom. The fourth-order valence-corrected chi connectivity index (χ4v) is 3.22. The molecule has 18 heavy (non-hydrogen) atoms. The van der Waals surface area contributed by atoms with Crippen LogP contribution in [0.3, 0.4) is 0 Å². The van der Waals surface area contributed by atoms with Gasteiger partial charge in [-0.25, -0.2) is 0 Å². The lowest BCUT2D eigenvalue weighted by atomic mass is 9.97. The molecule has 4 nitrogen and oxygen atoms in total.